The minimum atomic E-state index is -0.309. The van der Waals surface area contributed by atoms with E-state index < -0.39 is 0 Å². The van der Waals surface area contributed by atoms with E-state index in [1.165, 1.54) is 38.8 Å². The molecule has 3 heteroatoms. The van der Waals surface area contributed by atoms with Crippen molar-refractivity contribution < 1.29 is 5.11 Å². The van der Waals surface area contributed by atoms with Crippen LogP contribution in [0.5, 0.6) is 0 Å². The summed E-state index contributed by atoms with van der Waals surface area (Å²) < 4.78 is 0. The molecular formula is C14H28N2O. The molecule has 2 fully saturated rings. The number of fused-ring (bicyclic) bond motifs is 1. The number of aliphatic hydroxyl groups is 1. The highest BCUT2D eigenvalue weighted by Crippen LogP contribution is 2.39. The summed E-state index contributed by atoms with van der Waals surface area (Å²) in [5, 5.41) is 10.6. The average molecular weight is 240 g/mol. The Morgan fingerprint density at radius 2 is 2.12 bits per heavy atom. The maximum absolute atomic E-state index is 10.6. The fraction of sp³-hybridized carbons (Fsp3) is 1.00. The quantitative estimate of drug-likeness (QED) is 0.808. The molecule has 1 aliphatic carbocycles. The van der Waals surface area contributed by atoms with Crippen molar-refractivity contribution in [2.75, 3.05) is 40.3 Å². The van der Waals surface area contributed by atoms with E-state index in [2.05, 4.69) is 23.9 Å². The molecule has 17 heavy (non-hydrogen) atoms. The summed E-state index contributed by atoms with van der Waals surface area (Å²) in [5.41, 5.74) is -0.309. The van der Waals surface area contributed by atoms with E-state index in [9.17, 15) is 5.11 Å². The molecule has 2 aliphatic rings. The molecule has 1 N–H and O–H groups in total. The summed E-state index contributed by atoms with van der Waals surface area (Å²) in [5.74, 6) is 0.546. The Bertz CT molecular complexity index is 244. The van der Waals surface area contributed by atoms with E-state index in [-0.39, 0.29) is 5.60 Å². The Morgan fingerprint density at radius 1 is 1.29 bits per heavy atom. The van der Waals surface area contributed by atoms with Crippen molar-refractivity contribution in [3.05, 3.63) is 0 Å². The van der Waals surface area contributed by atoms with Gasteiger partial charge in [-0.05, 0) is 52.9 Å². The molecule has 0 bridgehead atoms. The first-order chi connectivity index (χ1) is 8.10. The fourth-order valence-electron chi connectivity index (χ4n) is 3.45. The van der Waals surface area contributed by atoms with E-state index in [0.717, 1.165) is 25.9 Å². The molecule has 2 unspecified atom stereocenters. The van der Waals surface area contributed by atoms with Gasteiger partial charge in [-0.15, -0.1) is 0 Å². The van der Waals surface area contributed by atoms with Crippen molar-refractivity contribution >= 4 is 0 Å². The molecule has 0 aromatic carbocycles. The van der Waals surface area contributed by atoms with Crippen LogP contribution in [-0.2, 0) is 0 Å². The lowest BCUT2D eigenvalue weighted by Crippen LogP contribution is -2.53. The largest absolute Gasteiger partial charge is 0.390 e. The maximum Gasteiger partial charge on any atom is 0.0700 e. The Morgan fingerprint density at radius 3 is 2.88 bits per heavy atom. The second-order valence-electron chi connectivity index (χ2n) is 6.25. The van der Waals surface area contributed by atoms with Crippen molar-refractivity contribution in [1.82, 2.24) is 9.80 Å². The molecule has 0 spiro atoms. The Hall–Kier alpha value is -0.120. The highest BCUT2D eigenvalue weighted by Gasteiger charge is 2.42. The molecule has 0 aromatic heterocycles. The molecular weight excluding hydrogens is 212 g/mol. The lowest BCUT2D eigenvalue weighted by molar-refractivity contribution is -0.0954. The predicted octanol–water partition coefficient (Wildman–Crippen LogP) is 1.57. The van der Waals surface area contributed by atoms with Crippen molar-refractivity contribution in [3.8, 4) is 0 Å². The summed E-state index contributed by atoms with van der Waals surface area (Å²) in [4.78, 5) is 4.81. The highest BCUT2D eigenvalue weighted by atomic mass is 16.3. The van der Waals surface area contributed by atoms with Gasteiger partial charge in [0.25, 0.3) is 0 Å². The van der Waals surface area contributed by atoms with Crippen LogP contribution in [0.15, 0.2) is 0 Å². The van der Waals surface area contributed by atoms with Gasteiger partial charge >= 0.3 is 0 Å². The van der Waals surface area contributed by atoms with Crippen LogP contribution in [0.1, 0.15) is 38.5 Å². The smallest absolute Gasteiger partial charge is 0.0700 e. The molecule has 0 radical (unpaired) electrons. The van der Waals surface area contributed by atoms with E-state index >= 15 is 0 Å². The minimum absolute atomic E-state index is 0.309. The first-order valence-corrected chi connectivity index (χ1v) is 7.20. The minimum Gasteiger partial charge on any atom is -0.390 e. The van der Waals surface area contributed by atoms with Gasteiger partial charge in [0.2, 0.25) is 0 Å². The zero-order valence-electron chi connectivity index (χ0n) is 11.5. The molecule has 2 atom stereocenters. The normalized spacial score (nSPS) is 34.9. The number of rotatable bonds is 4. The number of nitrogens with zero attached hydrogens (tertiary/aromatic N) is 2. The zero-order valence-corrected chi connectivity index (χ0v) is 11.5. The second-order valence-corrected chi connectivity index (χ2v) is 6.25. The summed E-state index contributed by atoms with van der Waals surface area (Å²) in [6, 6.07) is 0. The molecule has 1 heterocycles. The topological polar surface area (TPSA) is 26.7 Å². The first-order valence-electron chi connectivity index (χ1n) is 7.20. The van der Waals surface area contributed by atoms with Crippen LogP contribution in [0, 0.1) is 5.92 Å². The third kappa shape index (κ3) is 3.43. The molecule has 1 saturated heterocycles. The van der Waals surface area contributed by atoms with Crippen LogP contribution in [0.25, 0.3) is 0 Å². The lowest BCUT2D eigenvalue weighted by Gasteiger charge is -2.47. The van der Waals surface area contributed by atoms with Crippen LogP contribution in [0.2, 0.25) is 0 Å². The summed E-state index contributed by atoms with van der Waals surface area (Å²) in [6.45, 7) is 4.60. The van der Waals surface area contributed by atoms with Gasteiger partial charge in [0.05, 0.1) is 5.60 Å². The summed E-state index contributed by atoms with van der Waals surface area (Å²) in [6.07, 6.45) is 7.08. The summed E-state index contributed by atoms with van der Waals surface area (Å²) in [7, 11) is 4.27. The fourth-order valence-corrected chi connectivity index (χ4v) is 3.45. The van der Waals surface area contributed by atoms with Gasteiger partial charge in [-0.25, -0.2) is 0 Å². The Labute approximate surface area is 106 Å². The zero-order chi connectivity index (χ0) is 12.3. The van der Waals surface area contributed by atoms with Gasteiger partial charge < -0.3 is 14.9 Å². The van der Waals surface area contributed by atoms with Gasteiger partial charge in [0.15, 0.2) is 0 Å². The maximum atomic E-state index is 10.6. The molecule has 0 amide bonds. The lowest BCUT2D eigenvalue weighted by atomic mass is 9.71. The SMILES string of the molecule is CN(C)CCCN1CCC2(O)CCCCC2C1. The van der Waals surface area contributed by atoms with Gasteiger partial charge in [0, 0.05) is 19.0 Å². The van der Waals surface area contributed by atoms with E-state index in [1.807, 2.05) is 0 Å². The van der Waals surface area contributed by atoms with Gasteiger partial charge in [-0.3, -0.25) is 0 Å². The van der Waals surface area contributed by atoms with E-state index in [0.29, 0.717) is 5.92 Å². The molecule has 1 saturated carbocycles. The Balaban J connectivity index is 1.77. The predicted molar refractivity (Wildman–Crippen MR) is 71.1 cm³/mol. The molecule has 3 nitrogen and oxygen atoms in total. The van der Waals surface area contributed by atoms with Crippen molar-refractivity contribution in [2.45, 2.75) is 44.1 Å². The van der Waals surface area contributed by atoms with Crippen LogP contribution < -0.4 is 0 Å². The standard InChI is InChI=1S/C14H28N2O/c1-15(2)9-5-10-16-11-8-14(17)7-4-3-6-13(14)12-16/h13,17H,3-12H2,1-2H3. The number of piperidine rings is 1. The van der Waals surface area contributed by atoms with Crippen LogP contribution in [0.3, 0.4) is 0 Å². The second kappa shape index (κ2) is 5.68. The van der Waals surface area contributed by atoms with Crippen molar-refractivity contribution in [1.29, 1.82) is 0 Å². The third-order valence-electron chi connectivity index (χ3n) is 4.59. The first kappa shape index (κ1) is 13.3. The van der Waals surface area contributed by atoms with E-state index in [1.54, 1.807) is 0 Å². The molecule has 1 aliphatic heterocycles. The van der Waals surface area contributed by atoms with Crippen LogP contribution >= 0.6 is 0 Å². The average Bonchev–Trinajstić information content (AvgIpc) is 2.28. The Kier molecular flexibility index (Phi) is 4.45. The number of likely N-dealkylation sites (tertiary alicyclic amines) is 1. The van der Waals surface area contributed by atoms with Gasteiger partial charge in [-0.2, -0.15) is 0 Å². The van der Waals surface area contributed by atoms with Crippen molar-refractivity contribution in [2.24, 2.45) is 5.92 Å². The molecule has 0 aromatic rings. The van der Waals surface area contributed by atoms with Crippen LogP contribution in [0.4, 0.5) is 0 Å². The molecule has 2 rings (SSSR count). The van der Waals surface area contributed by atoms with Gasteiger partial charge in [-0.1, -0.05) is 12.8 Å². The molecule has 100 valence electrons. The summed E-state index contributed by atoms with van der Waals surface area (Å²) >= 11 is 0. The number of hydrogen-bond acceptors (Lipinski definition) is 3. The van der Waals surface area contributed by atoms with Gasteiger partial charge in [0.1, 0.15) is 0 Å². The van der Waals surface area contributed by atoms with Crippen LogP contribution in [-0.4, -0.2) is 60.8 Å². The highest BCUT2D eigenvalue weighted by molar-refractivity contribution is 4.95. The monoisotopic (exact) mass is 240 g/mol. The number of hydrogen-bond donors (Lipinski definition) is 1. The third-order valence-corrected chi connectivity index (χ3v) is 4.59. The van der Waals surface area contributed by atoms with Crippen molar-refractivity contribution in [3.63, 3.8) is 0 Å². The van der Waals surface area contributed by atoms with E-state index in [4.69, 9.17) is 0 Å².